The van der Waals surface area contributed by atoms with E-state index >= 15 is 0 Å². The largest absolute Gasteiger partial charge is 0.323 e. The summed E-state index contributed by atoms with van der Waals surface area (Å²) in [7, 11) is 0. The molecule has 2 amide bonds. The average Bonchev–Trinajstić information content (AvgIpc) is 2.55. The fraction of sp³-hybridized carbons (Fsp3) is 0.111. The number of nitrogens with zero attached hydrogens (tertiary/aromatic N) is 1. The van der Waals surface area contributed by atoms with Crippen molar-refractivity contribution in [2.75, 3.05) is 16.9 Å². The summed E-state index contributed by atoms with van der Waals surface area (Å²) in [6.07, 6.45) is 1.98. The molecular formula is C18H17N3OS. The van der Waals surface area contributed by atoms with Gasteiger partial charge in [-0.1, -0.05) is 30.3 Å². The summed E-state index contributed by atoms with van der Waals surface area (Å²) in [5.74, 6) is 0. The number of amides is 2. The number of anilines is 2. The van der Waals surface area contributed by atoms with Crippen LogP contribution in [0.2, 0.25) is 0 Å². The highest BCUT2D eigenvalue weighted by molar-refractivity contribution is 7.98. The van der Waals surface area contributed by atoms with Gasteiger partial charge in [-0.05, 0) is 37.4 Å². The SMILES string of the molecule is CSc1ccccc1NC(=O)Nc1cc(C)nc2ccccc12. The Bertz CT molecular complexity index is 864. The molecule has 0 radical (unpaired) electrons. The fourth-order valence-corrected chi connectivity index (χ4v) is 2.99. The molecule has 0 aliphatic rings. The van der Waals surface area contributed by atoms with Gasteiger partial charge in [0, 0.05) is 16.0 Å². The van der Waals surface area contributed by atoms with Gasteiger partial charge in [0.2, 0.25) is 0 Å². The van der Waals surface area contributed by atoms with Gasteiger partial charge in [0.1, 0.15) is 0 Å². The lowest BCUT2D eigenvalue weighted by atomic mass is 10.1. The van der Waals surface area contributed by atoms with Crippen LogP contribution in [0.3, 0.4) is 0 Å². The molecule has 5 heteroatoms. The van der Waals surface area contributed by atoms with E-state index in [-0.39, 0.29) is 6.03 Å². The van der Waals surface area contributed by atoms with Crippen LogP contribution < -0.4 is 10.6 Å². The van der Waals surface area contributed by atoms with E-state index in [4.69, 9.17) is 0 Å². The molecule has 0 saturated carbocycles. The molecule has 1 heterocycles. The fourth-order valence-electron chi connectivity index (χ4n) is 2.44. The number of thioether (sulfide) groups is 1. The van der Waals surface area contributed by atoms with Crippen molar-refractivity contribution in [1.29, 1.82) is 0 Å². The van der Waals surface area contributed by atoms with Crippen molar-refractivity contribution < 1.29 is 4.79 Å². The molecule has 2 aromatic carbocycles. The van der Waals surface area contributed by atoms with Crippen LogP contribution in [0.4, 0.5) is 16.2 Å². The molecule has 0 spiro atoms. The Labute approximate surface area is 139 Å². The molecule has 1 aromatic heterocycles. The van der Waals surface area contributed by atoms with E-state index in [9.17, 15) is 4.79 Å². The highest BCUT2D eigenvalue weighted by atomic mass is 32.2. The monoisotopic (exact) mass is 323 g/mol. The van der Waals surface area contributed by atoms with Crippen LogP contribution in [0, 0.1) is 6.92 Å². The second-order valence-electron chi connectivity index (χ2n) is 5.11. The number of pyridine rings is 1. The number of aromatic nitrogens is 1. The highest BCUT2D eigenvalue weighted by Crippen LogP contribution is 2.26. The van der Waals surface area contributed by atoms with E-state index in [0.717, 1.165) is 32.9 Å². The lowest BCUT2D eigenvalue weighted by molar-refractivity contribution is 0.262. The van der Waals surface area contributed by atoms with Crippen LogP contribution in [0.5, 0.6) is 0 Å². The van der Waals surface area contributed by atoms with Crippen LogP contribution in [-0.2, 0) is 0 Å². The summed E-state index contributed by atoms with van der Waals surface area (Å²) in [4.78, 5) is 17.9. The minimum atomic E-state index is -0.262. The van der Waals surface area contributed by atoms with Crippen molar-refractivity contribution in [3.05, 3.63) is 60.3 Å². The van der Waals surface area contributed by atoms with Crippen molar-refractivity contribution >= 4 is 40.1 Å². The highest BCUT2D eigenvalue weighted by Gasteiger charge is 2.09. The van der Waals surface area contributed by atoms with E-state index < -0.39 is 0 Å². The summed E-state index contributed by atoms with van der Waals surface area (Å²) in [5.41, 5.74) is 3.29. The number of hydrogen-bond acceptors (Lipinski definition) is 3. The average molecular weight is 323 g/mol. The third kappa shape index (κ3) is 3.46. The lowest BCUT2D eigenvalue weighted by Gasteiger charge is -2.12. The first-order valence-electron chi connectivity index (χ1n) is 7.25. The van der Waals surface area contributed by atoms with E-state index in [0.29, 0.717) is 0 Å². The minimum absolute atomic E-state index is 0.262. The second-order valence-corrected chi connectivity index (χ2v) is 5.96. The molecular weight excluding hydrogens is 306 g/mol. The third-order valence-electron chi connectivity index (χ3n) is 3.45. The summed E-state index contributed by atoms with van der Waals surface area (Å²) < 4.78 is 0. The number of fused-ring (bicyclic) bond motifs is 1. The molecule has 0 unspecified atom stereocenters. The Balaban J connectivity index is 1.86. The molecule has 0 bridgehead atoms. The number of carbonyl (C=O) groups is 1. The molecule has 116 valence electrons. The van der Waals surface area contributed by atoms with Crippen LogP contribution in [0.1, 0.15) is 5.69 Å². The van der Waals surface area contributed by atoms with E-state index in [2.05, 4.69) is 15.6 Å². The van der Waals surface area contributed by atoms with Gasteiger partial charge in [0.15, 0.2) is 0 Å². The number of urea groups is 1. The smallest absolute Gasteiger partial charge is 0.307 e. The summed E-state index contributed by atoms with van der Waals surface area (Å²) in [5, 5.41) is 6.75. The summed E-state index contributed by atoms with van der Waals surface area (Å²) in [6.45, 7) is 1.92. The first kappa shape index (κ1) is 15.4. The summed E-state index contributed by atoms with van der Waals surface area (Å²) >= 11 is 1.60. The Morgan fingerprint density at radius 2 is 1.70 bits per heavy atom. The quantitative estimate of drug-likeness (QED) is 0.673. The number of benzene rings is 2. The molecule has 0 aliphatic heterocycles. The van der Waals surface area contributed by atoms with Crippen molar-refractivity contribution in [3.8, 4) is 0 Å². The molecule has 0 saturated heterocycles. The molecule has 0 atom stereocenters. The maximum absolute atomic E-state index is 12.4. The molecule has 3 aromatic rings. The van der Waals surface area contributed by atoms with Gasteiger partial charge < -0.3 is 10.6 Å². The van der Waals surface area contributed by atoms with E-state index in [1.165, 1.54) is 0 Å². The lowest BCUT2D eigenvalue weighted by Crippen LogP contribution is -2.20. The van der Waals surface area contributed by atoms with Gasteiger partial charge >= 0.3 is 6.03 Å². The predicted molar refractivity (Wildman–Crippen MR) is 97.3 cm³/mol. The molecule has 2 N–H and O–H groups in total. The number of hydrogen-bond donors (Lipinski definition) is 2. The van der Waals surface area contributed by atoms with Crippen molar-refractivity contribution in [3.63, 3.8) is 0 Å². The molecule has 3 rings (SSSR count). The van der Waals surface area contributed by atoms with Gasteiger partial charge in [0.05, 0.1) is 16.9 Å². The normalized spacial score (nSPS) is 10.5. The topological polar surface area (TPSA) is 54.0 Å². The zero-order valence-corrected chi connectivity index (χ0v) is 13.8. The van der Waals surface area contributed by atoms with Gasteiger partial charge in [-0.3, -0.25) is 4.98 Å². The van der Waals surface area contributed by atoms with Gasteiger partial charge in [-0.2, -0.15) is 0 Å². The molecule has 23 heavy (non-hydrogen) atoms. The predicted octanol–water partition coefficient (Wildman–Crippen LogP) is 4.91. The van der Waals surface area contributed by atoms with Crippen molar-refractivity contribution in [2.45, 2.75) is 11.8 Å². The van der Waals surface area contributed by atoms with E-state index in [1.807, 2.05) is 67.8 Å². The maximum atomic E-state index is 12.4. The standard InChI is InChI=1S/C18H17N3OS/c1-12-11-16(13-7-3-4-8-14(13)19-12)21-18(22)20-15-9-5-6-10-17(15)23-2/h3-11H,1-2H3,(H2,19,20,21,22). The van der Waals surface area contributed by atoms with Gasteiger partial charge in [0.25, 0.3) is 0 Å². The van der Waals surface area contributed by atoms with Crippen LogP contribution in [-0.4, -0.2) is 17.3 Å². The minimum Gasteiger partial charge on any atom is -0.307 e. The number of nitrogens with one attached hydrogen (secondary N) is 2. The Morgan fingerprint density at radius 1 is 1.00 bits per heavy atom. The zero-order chi connectivity index (χ0) is 16.2. The molecule has 0 aliphatic carbocycles. The number of aryl methyl sites for hydroxylation is 1. The van der Waals surface area contributed by atoms with E-state index in [1.54, 1.807) is 11.8 Å². The maximum Gasteiger partial charge on any atom is 0.323 e. The number of carbonyl (C=O) groups excluding carboxylic acids is 1. The van der Waals surface area contributed by atoms with Crippen LogP contribution in [0.15, 0.2) is 59.5 Å². The number of rotatable bonds is 3. The zero-order valence-electron chi connectivity index (χ0n) is 13.0. The van der Waals surface area contributed by atoms with Crippen LogP contribution >= 0.6 is 11.8 Å². The van der Waals surface area contributed by atoms with Crippen LogP contribution in [0.25, 0.3) is 10.9 Å². The Morgan fingerprint density at radius 3 is 2.52 bits per heavy atom. The second kappa shape index (κ2) is 6.71. The Kier molecular flexibility index (Phi) is 4.48. The third-order valence-corrected chi connectivity index (χ3v) is 4.24. The molecule has 4 nitrogen and oxygen atoms in total. The Hall–Kier alpha value is -2.53. The summed E-state index contributed by atoms with van der Waals surface area (Å²) in [6, 6.07) is 17.1. The van der Waals surface area contributed by atoms with Crippen molar-refractivity contribution in [2.24, 2.45) is 0 Å². The first-order valence-corrected chi connectivity index (χ1v) is 8.47. The van der Waals surface area contributed by atoms with Gasteiger partial charge in [-0.15, -0.1) is 11.8 Å². The van der Waals surface area contributed by atoms with Gasteiger partial charge in [-0.25, -0.2) is 4.79 Å². The van der Waals surface area contributed by atoms with Crippen molar-refractivity contribution in [1.82, 2.24) is 4.98 Å². The first-order chi connectivity index (χ1) is 11.2. The number of para-hydroxylation sites is 2. The molecule has 0 fully saturated rings.